The highest BCUT2D eigenvalue weighted by Gasteiger charge is 2.14. The highest BCUT2D eigenvalue weighted by molar-refractivity contribution is 7.13. The number of carbonyl (C=O) groups excluding carboxylic acids is 2. The fourth-order valence-corrected chi connectivity index (χ4v) is 3.40. The van der Waals surface area contributed by atoms with E-state index in [-0.39, 0.29) is 30.0 Å². The molecule has 156 valence electrons. The Balaban J connectivity index is 1.37. The highest BCUT2D eigenvalue weighted by atomic mass is 35.5. The Morgan fingerprint density at radius 3 is 2.70 bits per heavy atom. The summed E-state index contributed by atoms with van der Waals surface area (Å²) in [5.74, 6) is -0.583. The fraction of sp³-hybridized carbons (Fsp3) is 0.238. The topological polar surface area (TPSA) is 93.2 Å². The summed E-state index contributed by atoms with van der Waals surface area (Å²) in [6.45, 7) is 2.60. The second-order valence-electron chi connectivity index (χ2n) is 6.54. The number of anilines is 1. The molecule has 0 radical (unpaired) electrons. The normalized spacial score (nSPS) is 10.6. The van der Waals surface area contributed by atoms with Crippen LogP contribution in [0.25, 0.3) is 0 Å². The number of aromatic nitrogens is 2. The molecule has 0 aliphatic carbocycles. The number of rotatable bonds is 9. The zero-order chi connectivity index (χ0) is 21.3. The minimum atomic E-state index is -0.380. The molecule has 3 rings (SSSR count). The van der Waals surface area contributed by atoms with E-state index in [1.807, 2.05) is 31.2 Å². The number of carbonyl (C=O) groups is 2. The van der Waals surface area contributed by atoms with Gasteiger partial charge in [0.25, 0.3) is 5.91 Å². The van der Waals surface area contributed by atoms with Gasteiger partial charge < -0.3 is 15.4 Å². The molecule has 0 aliphatic heterocycles. The Labute approximate surface area is 183 Å². The summed E-state index contributed by atoms with van der Waals surface area (Å²) in [5.41, 5.74) is 2.94. The van der Waals surface area contributed by atoms with Crippen molar-refractivity contribution >= 4 is 40.4 Å². The maximum Gasteiger partial charge on any atom is 0.286 e. The lowest BCUT2D eigenvalue weighted by molar-refractivity contribution is -0.126. The zero-order valence-electron chi connectivity index (χ0n) is 16.4. The Morgan fingerprint density at radius 2 is 1.93 bits per heavy atom. The lowest BCUT2D eigenvalue weighted by atomic mass is 10.1. The largest absolute Gasteiger partial charge is 0.364 e. The van der Waals surface area contributed by atoms with E-state index in [1.54, 1.807) is 24.3 Å². The SMILES string of the molecule is Cc1ccc(CCNC(=O)COCc2nnc(C(=O)Nc3cccc(Cl)c3)s2)cc1. The maximum atomic E-state index is 12.2. The van der Waals surface area contributed by atoms with Gasteiger partial charge in [0.15, 0.2) is 0 Å². The molecule has 1 heterocycles. The molecule has 0 aliphatic rings. The van der Waals surface area contributed by atoms with Crippen molar-refractivity contribution in [3.63, 3.8) is 0 Å². The Hall–Kier alpha value is -2.81. The van der Waals surface area contributed by atoms with E-state index < -0.39 is 0 Å². The molecule has 0 saturated carbocycles. The summed E-state index contributed by atoms with van der Waals surface area (Å²) in [5, 5.41) is 14.6. The lowest BCUT2D eigenvalue weighted by Gasteiger charge is -2.06. The Kier molecular flexibility index (Phi) is 7.89. The summed E-state index contributed by atoms with van der Waals surface area (Å²) >= 11 is 7.01. The predicted molar refractivity (Wildman–Crippen MR) is 117 cm³/mol. The van der Waals surface area contributed by atoms with Crippen LogP contribution in [-0.4, -0.2) is 35.2 Å². The molecule has 0 atom stereocenters. The number of benzene rings is 2. The lowest BCUT2D eigenvalue weighted by Crippen LogP contribution is -2.29. The summed E-state index contributed by atoms with van der Waals surface area (Å²) in [6.07, 6.45) is 0.757. The van der Waals surface area contributed by atoms with Gasteiger partial charge in [0.05, 0.1) is 0 Å². The van der Waals surface area contributed by atoms with Crippen LogP contribution in [0.15, 0.2) is 48.5 Å². The van der Waals surface area contributed by atoms with Gasteiger partial charge >= 0.3 is 0 Å². The van der Waals surface area contributed by atoms with Crippen LogP contribution in [0.2, 0.25) is 5.02 Å². The van der Waals surface area contributed by atoms with Gasteiger partial charge in [-0.25, -0.2) is 0 Å². The summed E-state index contributed by atoms with van der Waals surface area (Å²) in [7, 11) is 0. The average Bonchev–Trinajstić information content (AvgIpc) is 3.19. The first-order chi connectivity index (χ1) is 14.5. The first-order valence-corrected chi connectivity index (χ1v) is 10.5. The van der Waals surface area contributed by atoms with Crippen molar-refractivity contribution in [3.8, 4) is 0 Å². The monoisotopic (exact) mass is 444 g/mol. The second-order valence-corrected chi connectivity index (χ2v) is 8.04. The Bertz CT molecular complexity index is 1010. The highest BCUT2D eigenvalue weighted by Crippen LogP contribution is 2.17. The molecule has 2 aromatic carbocycles. The Morgan fingerprint density at radius 1 is 1.13 bits per heavy atom. The molecule has 30 heavy (non-hydrogen) atoms. The van der Waals surface area contributed by atoms with Crippen LogP contribution in [0.1, 0.15) is 25.9 Å². The van der Waals surface area contributed by atoms with E-state index in [2.05, 4.69) is 20.8 Å². The molecule has 0 saturated heterocycles. The molecule has 0 fully saturated rings. The van der Waals surface area contributed by atoms with Gasteiger partial charge in [0.1, 0.15) is 18.2 Å². The van der Waals surface area contributed by atoms with Crippen molar-refractivity contribution in [2.45, 2.75) is 20.0 Å². The number of nitrogens with one attached hydrogen (secondary N) is 2. The second kappa shape index (κ2) is 10.8. The van der Waals surface area contributed by atoms with Gasteiger partial charge in [0, 0.05) is 17.3 Å². The van der Waals surface area contributed by atoms with Crippen molar-refractivity contribution in [2.75, 3.05) is 18.5 Å². The minimum Gasteiger partial charge on any atom is -0.364 e. The van der Waals surface area contributed by atoms with Gasteiger partial charge in [-0.2, -0.15) is 0 Å². The van der Waals surface area contributed by atoms with Crippen molar-refractivity contribution in [2.24, 2.45) is 0 Å². The molecule has 0 bridgehead atoms. The number of aryl methyl sites for hydroxylation is 1. The molecule has 3 aromatic rings. The standard InChI is InChI=1S/C21H21ClN4O3S/c1-14-5-7-15(8-6-14)9-10-23-18(27)12-29-13-19-25-26-21(30-19)20(28)24-17-4-2-3-16(22)11-17/h2-8,11H,9-10,12-13H2,1H3,(H,23,27)(H,24,28). The molecule has 2 amide bonds. The van der Waals surface area contributed by atoms with Crippen molar-refractivity contribution in [3.05, 3.63) is 74.7 Å². The molecule has 1 aromatic heterocycles. The van der Waals surface area contributed by atoms with Gasteiger partial charge in [-0.05, 0) is 37.1 Å². The smallest absolute Gasteiger partial charge is 0.286 e. The molecule has 9 heteroatoms. The molecule has 7 nitrogen and oxygen atoms in total. The van der Waals surface area contributed by atoms with E-state index in [4.69, 9.17) is 16.3 Å². The van der Waals surface area contributed by atoms with Crippen molar-refractivity contribution in [1.82, 2.24) is 15.5 Å². The van der Waals surface area contributed by atoms with Gasteiger partial charge in [-0.3, -0.25) is 9.59 Å². The van der Waals surface area contributed by atoms with Gasteiger partial charge in [0.2, 0.25) is 10.9 Å². The van der Waals surface area contributed by atoms with Crippen LogP contribution < -0.4 is 10.6 Å². The summed E-state index contributed by atoms with van der Waals surface area (Å²) in [4.78, 5) is 24.1. The van der Waals surface area contributed by atoms with Crippen LogP contribution in [0.4, 0.5) is 5.69 Å². The van der Waals surface area contributed by atoms with E-state index in [1.165, 1.54) is 11.1 Å². The van der Waals surface area contributed by atoms with Crippen molar-refractivity contribution in [1.29, 1.82) is 0 Å². The molecular formula is C21H21ClN4O3S. The molecule has 0 unspecified atom stereocenters. The molecule has 0 spiro atoms. The number of hydrogen-bond donors (Lipinski definition) is 2. The van der Waals surface area contributed by atoms with Crippen LogP contribution in [0, 0.1) is 6.92 Å². The van der Waals surface area contributed by atoms with Crippen LogP contribution >= 0.6 is 22.9 Å². The maximum absolute atomic E-state index is 12.2. The number of ether oxygens (including phenoxy) is 1. The van der Waals surface area contributed by atoms with Crippen LogP contribution in [0.3, 0.4) is 0 Å². The van der Waals surface area contributed by atoms with Gasteiger partial charge in [-0.15, -0.1) is 10.2 Å². The zero-order valence-corrected chi connectivity index (χ0v) is 17.9. The first-order valence-electron chi connectivity index (χ1n) is 9.29. The first kappa shape index (κ1) is 21.9. The molecule has 2 N–H and O–H groups in total. The minimum absolute atomic E-state index is 0.0858. The number of hydrogen-bond acceptors (Lipinski definition) is 6. The van der Waals surface area contributed by atoms with Crippen LogP contribution in [0.5, 0.6) is 0 Å². The van der Waals surface area contributed by atoms with E-state index in [0.717, 1.165) is 17.8 Å². The average molecular weight is 445 g/mol. The quantitative estimate of drug-likeness (QED) is 0.525. The number of halogens is 1. The predicted octanol–water partition coefficient (Wildman–Crippen LogP) is 3.63. The fourth-order valence-electron chi connectivity index (χ4n) is 2.54. The third kappa shape index (κ3) is 6.91. The molecular weight excluding hydrogens is 424 g/mol. The third-order valence-corrected chi connectivity index (χ3v) is 5.19. The summed E-state index contributed by atoms with van der Waals surface area (Å²) in [6, 6.07) is 15.0. The van der Waals surface area contributed by atoms with Crippen LogP contribution in [-0.2, 0) is 22.6 Å². The number of nitrogens with zero attached hydrogens (tertiary/aromatic N) is 2. The van der Waals surface area contributed by atoms with E-state index >= 15 is 0 Å². The van der Waals surface area contributed by atoms with Crippen molar-refractivity contribution < 1.29 is 14.3 Å². The van der Waals surface area contributed by atoms with E-state index in [9.17, 15) is 9.59 Å². The van der Waals surface area contributed by atoms with Gasteiger partial charge in [-0.1, -0.05) is 58.8 Å². The summed E-state index contributed by atoms with van der Waals surface area (Å²) < 4.78 is 5.37. The van der Waals surface area contributed by atoms with E-state index in [0.29, 0.717) is 22.3 Å². The number of amides is 2. The third-order valence-electron chi connectivity index (χ3n) is 4.06.